The quantitative estimate of drug-likeness (QED) is 0.381. The van der Waals surface area contributed by atoms with Crippen LogP contribution in [0.1, 0.15) is 43.0 Å². The van der Waals surface area contributed by atoms with Gasteiger partial charge in [0.25, 0.3) is 0 Å². The van der Waals surface area contributed by atoms with Crippen molar-refractivity contribution in [3.05, 3.63) is 48.0 Å². The Labute approximate surface area is 195 Å². The topological polar surface area (TPSA) is 115 Å². The van der Waals surface area contributed by atoms with Crippen LogP contribution in [-0.2, 0) is 9.92 Å². The molecule has 4 N–H and O–H groups in total. The molecule has 3 fully saturated rings. The summed E-state index contributed by atoms with van der Waals surface area (Å²) in [5, 5.41) is 12.9. The zero-order chi connectivity index (χ0) is 23.4. The number of nitrogens with one attached hydrogen (secondary N) is 3. The summed E-state index contributed by atoms with van der Waals surface area (Å²) in [6.07, 6.45) is 3.87. The molecule has 2 bridgehead atoms. The van der Waals surface area contributed by atoms with Crippen molar-refractivity contribution in [3.8, 4) is 11.5 Å². The zero-order valence-electron chi connectivity index (χ0n) is 18.9. The van der Waals surface area contributed by atoms with E-state index in [2.05, 4.69) is 21.9 Å². The fourth-order valence-corrected chi connectivity index (χ4v) is 6.08. The first-order valence-corrected chi connectivity index (χ1v) is 13.1. The molecule has 178 valence electrons. The van der Waals surface area contributed by atoms with E-state index in [1.54, 1.807) is 12.1 Å². The van der Waals surface area contributed by atoms with Gasteiger partial charge in [-0.3, -0.25) is 0 Å². The summed E-state index contributed by atoms with van der Waals surface area (Å²) in [5.74, 6) is -0.0157. The number of anilines is 1. The van der Waals surface area contributed by atoms with Crippen molar-refractivity contribution in [2.24, 2.45) is 5.92 Å². The van der Waals surface area contributed by atoms with E-state index < -0.39 is 15.9 Å². The lowest BCUT2D eigenvalue weighted by atomic mass is 9.85. The molecule has 2 unspecified atom stereocenters. The summed E-state index contributed by atoms with van der Waals surface area (Å²) in [6.45, 7) is 5.48. The number of rotatable bonds is 10. The van der Waals surface area contributed by atoms with Gasteiger partial charge in [-0.05, 0) is 62.5 Å². The van der Waals surface area contributed by atoms with Crippen LogP contribution in [0, 0.1) is 10.7 Å². The molecule has 3 aliphatic heterocycles. The molecule has 0 aromatic heterocycles. The van der Waals surface area contributed by atoms with Gasteiger partial charge in [0.15, 0.2) is 5.75 Å². The zero-order valence-corrected chi connectivity index (χ0v) is 19.7. The maximum absolute atomic E-state index is 13.8. The van der Waals surface area contributed by atoms with Crippen molar-refractivity contribution in [1.82, 2.24) is 9.62 Å². The maximum Gasteiger partial charge on any atom is 0.335 e. The minimum absolute atomic E-state index is 0.0277. The molecule has 5 rings (SSSR count). The first kappa shape index (κ1) is 23.5. The molecule has 0 aliphatic carbocycles. The lowest BCUT2D eigenvalue weighted by Gasteiger charge is -2.45. The van der Waals surface area contributed by atoms with E-state index in [1.807, 2.05) is 18.2 Å². The van der Waals surface area contributed by atoms with E-state index in [0.29, 0.717) is 23.9 Å². The normalized spacial score (nSPS) is 23.6. The van der Waals surface area contributed by atoms with Crippen LogP contribution < -0.4 is 14.8 Å². The van der Waals surface area contributed by atoms with Crippen LogP contribution in [0.3, 0.4) is 0 Å². The highest BCUT2D eigenvalue weighted by Gasteiger charge is 2.36. The van der Waals surface area contributed by atoms with Gasteiger partial charge >= 0.3 is 5.97 Å². The van der Waals surface area contributed by atoms with Gasteiger partial charge in [-0.2, -0.15) is 0 Å². The van der Waals surface area contributed by atoms with E-state index in [-0.39, 0.29) is 22.3 Å². The van der Waals surface area contributed by atoms with Crippen molar-refractivity contribution in [1.29, 1.82) is 4.78 Å². The van der Waals surface area contributed by atoms with Gasteiger partial charge in [-0.25, -0.2) is 18.5 Å². The maximum atomic E-state index is 13.8. The SMILES string of the molecule is CCCCNc1cc(C(=O)O)cc(S(=N)(=O)NC2CN3CCC2CC3)c1Oc1ccccc1. The van der Waals surface area contributed by atoms with E-state index in [1.165, 1.54) is 12.1 Å². The monoisotopic (exact) mass is 472 g/mol. The van der Waals surface area contributed by atoms with E-state index in [4.69, 9.17) is 9.52 Å². The minimum atomic E-state index is -3.55. The Kier molecular flexibility index (Phi) is 7.21. The average molecular weight is 473 g/mol. The number of hydrogen-bond acceptors (Lipinski definition) is 6. The number of ether oxygens (including phenoxy) is 1. The van der Waals surface area contributed by atoms with Gasteiger partial charge in [0, 0.05) is 19.1 Å². The fourth-order valence-electron chi connectivity index (χ4n) is 4.56. The van der Waals surface area contributed by atoms with E-state index >= 15 is 0 Å². The highest BCUT2D eigenvalue weighted by Crippen LogP contribution is 2.39. The number of carboxylic acids is 1. The van der Waals surface area contributed by atoms with Crippen LogP contribution in [0.25, 0.3) is 0 Å². The molecule has 3 saturated heterocycles. The van der Waals surface area contributed by atoms with Crippen LogP contribution >= 0.6 is 0 Å². The van der Waals surface area contributed by atoms with Crippen LogP contribution in [-0.4, -0.2) is 52.4 Å². The minimum Gasteiger partial charge on any atom is -0.478 e. The Morgan fingerprint density at radius 1 is 1.24 bits per heavy atom. The summed E-state index contributed by atoms with van der Waals surface area (Å²) < 4.78 is 31.9. The number of para-hydroxylation sites is 1. The van der Waals surface area contributed by atoms with Gasteiger partial charge in [0.1, 0.15) is 20.6 Å². The second-order valence-corrected chi connectivity index (χ2v) is 10.6. The van der Waals surface area contributed by atoms with E-state index in [9.17, 15) is 14.1 Å². The number of unbranched alkanes of at least 4 members (excludes halogenated alkanes) is 1. The number of carboxylic acid groups (broad SMARTS) is 1. The first-order valence-electron chi connectivity index (χ1n) is 11.5. The number of aromatic carboxylic acids is 1. The number of hydrogen-bond donors (Lipinski definition) is 4. The molecule has 9 heteroatoms. The largest absolute Gasteiger partial charge is 0.478 e. The third-order valence-corrected chi connectivity index (χ3v) is 7.95. The number of fused-ring (bicyclic) bond motifs is 3. The summed E-state index contributed by atoms with van der Waals surface area (Å²) >= 11 is 0. The second kappa shape index (κ2) is 10.1. The molecule has 8 nitrogen and oxygen atoms in total. The Balaban J connectivity index is 1.75. The standard InChI is InChI=1S/C24H32N4O4S/c1-2-3-11-26-20-14-18(24(29)30)15-22(23(20)32-19-7-5-4-6-8-19)33(25,31)27-21-16-28-12-9-17(21)10-13-28/h4-8,14-15,17,21,26H,2-3,9-13,16H2,1H3,(H,29,30)(H2,25,27,31). The molecule has 3 heterocycles. The molecular formula is C24H32N4O4S. The number of benzene rings is 2. The smallest absolute Gasteiger partial charge is 0.335 e. The van der Waals surface area contributed by atoms with Crippen molar-refractivity contribution in [3.63, 3.8) is 0 Å². The molecule has 0 radical (unpaired) electrons. The highest BCUT2D eigenvalue weighted by molar-refractivity contribution is 7.90. The van der Waals surface area contributed by atoms with Crippen molar-refractivity contribution >= 4 is 21.6 Å². The van der Waals surface area contributed by atoms with Crippen LogP contribution in [0.15, 0.2) is 47.4 Å². The highest BCUT2D eigenvalue weighted by atomic mass is 32.2. The van der Waals surface area contributed by atoms with Crippen LogP contribution in [0.2, 0.25) is 0 Å². The third-order valence-electron chi connectivity index (χ3n) is 6.39. The molecule has 0 amide bonds. The molecule has 0 spiro atoms. The Hall–Kier alpha value is -2.62. The molecular weight excluding hydrogens is 440 g/mol. The second-order valence-electron chi connectivity index (χ2n) is 8.77. The predicted octanol–water partition coefficient (Wildman–Crippen LogP) is 4.39. The van der Waals surface area contributed by atoms with Gasteiger partial charge in [0.05, 0.1) is 11.3 Å². The van der Waals surface area contributed by atoms with Crippen LogP contribution in [0.5, 0.6) is 11.5 Å². The molecule has 2 atom stereocenters. The average Bonchev–Trinajstić information content (AvgIpc) is 2.81. The fraction of sp³-hybridized carbons (Fsp3) is 0.458. The van der Waals surface area contributed by atoms with Crippen molar-refractivity contribution < 1.29 is 18.8 Å². The molecule has 2 aromatic rings. The number of carbonyl (C=O) groups is 1. The van der Waals surface area contributed by atoms with Gasteiger partial charge in [-0.1, -0.05) is 31.5 Å². The van der Waals surface area contributed by atoms with Gasteiger partial charge < -0.3 is 20.1 Å². The van der Waals surface area contributed by atoms with Gasteiger partial charge in [0.2, 0.25) is 0 Å². The number of nitrogens with zero attached hydrogens (tertiary/aromatic N) is 1. The molecule has 33 heavy (non-hydrogen) atoms. The summed E-state index contributed by atoms with van der Waals surface area (Å²) in [7, 11) is -3.55. The lowest BCUT2D eigenvalue weighted by molar-refractivity contribution is 0.0696. The first-order chi connectivity index (χ1) is 15.9. The van der Waals surface area contributed by atoms with Gasteiger partial charge in [-0.15, -0.1) is 0 Å². The summed E-state index contributed by atoms with van der Waals surface area (Å²) in [5.41, 5.74) is 0.401. The number of piperidine rings is 3. The third kappa shape index (κ3) is 5.48. The predicted molar refractivity (Wildman–Crippen MR) is 129 cm³/mol. The summed E-state index contributed by atoms with van der Waals surface area (Å²) in [6, 6.07) is 11.8. The van der Waals surface area contributed by atoms with Crippen molar-refractivity contribution in [2.75, 3.05) is 31.5 Å². The summed E-state index contributed by atoms with van der Waals surface area (Å²) in [4.78, 5) is 14.3. The van der Waals surface area contributed by atoms with Crippen molar-refractivity contribution in [2.45, 2.75) is 43.5 Å². The lowest BCUT2D eigenvalue weighted by Crippen LogP contribution is -2.56. The molecule has 3 aliphatic rings. The Morgan fingerprint density at radius 2 is 1.97 bits per heavy atom. The Bertz CT molecular complexity index is 1080. The molecule has 2 aromatic carbocycles. The Morgan fingerprint density at radius 3 is 2.58 bits per heavy atom. The molecule has 0 saturated carbocycles. The van der Waals surface area contributed by atoms with Crippen LogP contribution in [0.4, 0.5) is 5.69 Å². The van der Waals surface area contributed by atoms with E-state index in [0.717, 1.165) is 45.3 Å².